The first-order valence-corrected chi connectivity index (χ1v) is 7.90. The average molecular weight is 310 g/mol. The van der Waals surface area contributed by atoms with E-state index in [0.717, 1.165) is 0 Å². The molecule has 0 radical (unpaired) electrons. The Morgan fingerprint density at radius 1 is 1.33 bits per heavy atom. The molecule has 21 heavy (non-hydrogen) atoms. The Balaban J connectivity index is 2.03. The molecule has 0 aliphatic rings. The first kappa shape index (κ1) is 15.5. The van der Waals surface area contributed by atoms with Gasteiger partial charge in [-0.25, -0.2) is 18.1 Å². The third kappa shape index (κ3) is 4.03. The molecule has 1 aromatic heterocycles. The largest absolute Gasteiger partial charge is 0.492 e. The van der Waals surface area contributed by atoms with Gasteiger partial charge in [0.1, 0.15) is 18.2 Å². The van der Waals surface area contributed by atoms with E-state index in [9.17, 15) is 8.42 Å². The second-order valence-corrected chi connectivity index (χ2v) is 6.15. The van der Waals surface area contributed by atoms with E-state index in [1.807, 2.05) is 0 Å². The molecule has 114 valence electrons. The van der Waals surface area contributed by atoms with Crippen molar-refractivity contribution >= 4 is 10.0 Å². The lowest BCUT2D eigenvalue weighted by Gasteiger charge is -2.08. The lowest BCUT2D eigenvalue weighted by atomic mass is 10.3. The number of aryl methyl sites for hydroxylation is 1. The Labute approximate surface area is 123 Å². The van der Waals surface area contributed by atoms with Gasteiger partial charge in [0.2, 0.25) is 10.0 Å². The Hall–Kier alpha value is -1.90. The van der Waals surface area contributed by atoms with Crippen molar-refractivity contribution in [1.29, 1.82) is 0 Å². The van der Waals surface area contributed by atoms with Gasteiger partial charge in [-0.15, -0.1) is 0 Å². The Kier molecular flexibility index (Phi) is 4.94. The minimum Gasteiger partial charge on any atom is -0.492 e. The normalized spacial score (nSPS) is 11.5. The maximum absolute atomic E-state index is 12.2. The summed E-state index contributed by atoms with van der Waals surface area (Å²) in [5.74, 6) is 1.23. The minimum atomic E-state index is -3.57. The molecule has 0 fully saturated rings. The van der Waals surface area contributed by atoms with Crippen molar-refractivity contribution in [2.45, 2.75) is 11.4 Å². The Morgan fingerprint density at radius 3 is 2.62 bits per heavy atom. The molecule has 3 N–H and O–H groups in total. The summed E-state index contributed by atoms with van der Waals surface area (Å²) in [7, 11) is -1.77. The summed E-state index contributed by atoms with van der Waals surface area (Å²) in [6, 6.07) is 6.19. The maximum atomic E-state index is 12.2. The molecule has 0 bridgehead atoms. The quantitative estimate of drug-likeness (QED) is 0.763. The molecule has 0 atom stereocenters. The number of hydrogen-bond donors (Lipinski definition) is 2. The van der Waals surface area contributed by atoms with Gasteiger partial charge in [-0.1, -0.05) is 0 Å². The molecule has 7 nitrogen and oxygen atoms in total. The van der Waals surface area contributed by atoms with Gasteiger partial charge >= 0.3 is 0 Å². The Bertz CT molecular complexity index is 680. The summed E-state index contributed by atoms with van der Waals surface area (Å²) < 4.78 is 33.9. The summed E-state index contributed by atoms with van der Waals surface area (Å²) >= 11 is 0. The molecule has 1 heterocycles. The van der Waals surface area contributed by atoms with Crippen LogP contribution in [-0.4, -0.2) is 31.1 Å². The first-order valence-electron chi connectivity index (χ1n) is 6.42. The zero-order chi connectivity index (χ0) is 15.3. The molecular weight excluding hydrogens is 292 g/mol. The number of nitrogens with one attached hydrogen (secondary N) is 1. The predicted octanol–water partition coefficient (Wildman–Crippen LogP) is 0.236. The minimum absolute atomic E-state index is 0.136. The van der Waals surface area contributed by atoms with E-state index in [0.29, 0.717) is 24.7 Å². The van der Waals surface area contributed by atoms with Crippen LogP contribution in [0.25, 0.3) is 0 Å². The van der Waals surface area contributed by atoms with Crippen LogP contribution in [0.15, 0.2) is 41.6 Å². The van der Waals surface area contributed by atoms with Crippen LogP contribution in [0.2, 0.25) is 0 Å². The van der Waals surface area contributed by atoms with Crippen LogP contribution in [0.3, 0.4) is 0 Å². The van der Waals surface area contributed by atoms with Crippen LogP contribution in [0.4, 0.5) is 0 Å². The van der Waals surface area contributed by atoms with Crippen molar-refractivity contribution in [2.75, 3.05) is 13.2 Å². The fourth-order valence-electron chi connectivity index (χ4n) is 1.70. The molecule has 2 aromatic rings. The molecular formula is C13H18N4O3S. The lowest BCUT2D eigenvalue weighted by molar-refractivity contribution is 0.328. The van der Waals surface area contributed by atoms with Crippen molar-refractivity contribution in [3.63, 3.8) is 0 Å². The molecule has 2 rings (SSSR count). The molecule has 0 amide bonds. The number of nitrogens with zero attached hydrogens (tertiary/aromatic N) is 2. The summed E-state index contributed by atoms with van der Waals surface area (Å²) in [5, 5.41) is 0. The standard InChI is InChI=1S/C13H18N4O3S/c1-17-8-7-15-13(17)10-16-21(18,19)12-4-2-11(3-5-12)20-9-6-14/h2-5,7-8,16H,6,9-10,14H2,1H3. The van der Waals surface area contributed by atoms with E-state index >= 15 is 0 Å². The number of aromatic nitrogens is 2. The molecule has 0 aliphatic carbocycles. The van der Waals surface area contributed by atoms with Crippen molar-refractivity contribution in [3.05, 3.63) is 42.5 Å². The van der Waals surface area contributed by atoms with Gasteiger partial charge in [-0.3, -0.25) is 0 Å². The summed E-state index contributed by atoms with van der Waals surface area (Å²) in [5.41, 5.74) is 5.33. The van der Waals surface area contributed by atoms with E-state index in [1.165, 1.54) is 12.1 Å². The molecule has 0 saturated carbocycles. The van der Waals surface area contributed by atoms with E-state index in [2.05, 4.69) is 9.71 Å². The monoisotopic (exact) mass is 310 g/mol. The average Bonchev–Trinajstić information content (AvgIpc) is 2.89. The number of imidazole rings is 1. The maximum Gasteiger partial charge on any atom is 0.240 e. The lowest BCUT2D eigenvalue weighted by Crippen LogP contribution is -2.24. The highest BCUT2D eigenvalue weighted by atomic mass is 32.2. The molecule has 0 unspecified atom stereocenters. The van der Waals surface area contributed by atoms with Gasteiger partial charge < -0.3 is 15.0 Å². The zero-order valence-electron chi connectivity index (χ0n) is 11.7. The van der Waals surface area contributed by atoms with Gasteiger partial charge in [-0.2, -0.15) is 0 Å². The molecule has 0 spiro atoms. The fraction of sp³-hybridized carbons (Fsp3) is 0.308. The van der Waals surface area contributed by atoms with E-state index in [-0.39, 0.29) is 11.4 Å². The highest BCUT2D eigenvalue weighted by Crippen LogP contribution is 2.16. The van der Waals surface area contributed by atoms with Crippen LogP contribution in [0, 0.1) is 0 Å². The van der Waals surface area contributed by atoms with Crippen molar-refractivity contribution in [3.8, 4) is 5.75 Å². The number of rotatable bonds is 7. The number of hydrogen-bond acceptors (Lipinski definition) is 5. The molecule has 1 aromatic carbocycles. The molecule has 8 heteroatoms. The number of nitrogens with two attached hydrogens (primary N) is 1. The van der Waals surface area contributed by atoms with E-state index < -0.39 is 10.0 Å². The number of sulfonamides is 1. The van der Waals surface area contributed by atoms with Crippen LogP contribution < -0.4 is 15.2 Å². The van der Waals surface area contributed by atoms with Gasteiger partial charge in [0.05, 0.1) is 11.4 Å². The van der Waals surface area contributed by atoms with Crippen LogP contribution >= 0.6 is 0 Å². The summed E-state index contributed by atoms with van der Waals surface area (Å²) in [4.78, 5) is 4.24. The topological polar surface area (TPSA) is 99.2 Å². The predicted molar refractivity (Wildman–Crippen MR) is 78.2 cm³/mol. The number of benzene rings is 1. The van der Waals surface area contributed by atoms with Gasteiger partial charge in [0, 0.05) is 26.0 Å². The third-order valence-corrected chi connectivity index (χ3v) is 4.28. The van der Waals surface area contributed by atoms with E-state index in [1.54, 1.807) is 36.1 Å². The van der Waals surface area contributed by atoms with Gasteiger partial charge in [0.25, 0.3) is 0 Å². The van der Waals surface area contributed by atoms with Crippen molar-refractivity contribution < 1.29 is 13.2 Å². The smallest absolute Gasteiger partial charge is 0.240 e. The van der Waals surface area contributed by atoms with Crippen LogP contribution in [0.1, 0.15) is 5.82 Å². The first-order chi connectivity index (χ1) is 10.0. The second-order valence-electron chi connectivity index (χ2n) is 4.39. The highest BCUT2D eigenvalue weighted by molar-refractivity contribution is 7.89. The van der Waals surface area contributed by atoms with Crippen LogP contribution in [-0.2, 0) is 23.6 Å². The SMILES string of the molecule is Cn1ccnc1CNS(=O)(=O)c1ccc(OCCN)cc1. The van der Waals surface area contributed by atoms with Gasteiger partial charge in [-0.05, 0) is 24.3 Å². The van der Waals surface area contributed by atoms with Crippen molar-refractivity contribution in [2.24, 2.45) is 12.8 Å². The molecule has 0 saturated heterocycles. The zero-order valence-corrected chi connectivity index (χ0v) is 12.5. The van der Waals surface area contributed by atoms with Crippen molar-refractivity contribution in [1.82, 2.24) is 14.3 Å². The Morgan fingerprint density at radius 2 is 2.05 bits per heavy atom. The number of ether oxygens (including phenoxy) is 1. The van der Waals surface area contributed by atoms with E-state index in [4.69, 9.17) is 10.5 Å². The summed E-state index contributed by atoms with van der Waals surface area (Å²) in [6.45, 7) is 0.937. The van der Waals surface area contributed by atoms with Crippen LogP contribution in [0.5, 0.6) is 5.75 Å². The highest BCUT2D eigenvalue weighted by Gasteiger charge is 2.14. The van der Waals surface area contributed by atoms with Gasteiger partial charge in [0.15, 0.2) is 0 Å². The summed E-state index contributed by atoms with van der Waals surface area (Å²) in [6.07, 6.45) is 3.38. The molecule has 0 aliphatic heterocycles. The second kappa shape index (κ2) is 6.70. The third-order valence-electron chi connectivity index (χ3n) is 2.86. The fourth-order valence-corrected chi connectivity index (χ4v) is 2.68.